The first-order valence-corrected chi connectivity index (χ1v) is 12.4. The molecule has 6 nitrogen and oxygen atoms in total. The summed E-state index contributed by atoms with van der Waals surface area (Å²) in [5, 5.41) is 18.3. The Morgan fingerprint density at radius 1 is 1.06 bits per heavy atom. The van der Waals surface area contributed by atoms with Gasteiger partial charge in [0.15, 0.2) is 4.34 Å². The smallest absolute Gasteiger partial charge is 0.231 e. The zero-order valence-corrected chi connectivity index (χ0v) is 19.3. The number of carbonyl (C=O) groups is 1. The van der Waals surface area contributed by atoms with Crippen molar-refractivity contribution < 1.29 is 4.79 Å². The van der Waals surface area contributed by atoms with E-state index in [0.717, 1.165) is 38.0 Å². The van der Waals surface area contributed by atoms with Crippen LogP contribution in [0.1, 0.15) is 21.8 Å². The van der Waals surface area contributed by atoms with Gasteiger partial charge in [-0.1, -0.05) is 71.6 Å². The van der Waals surface area contributed by atoms with Crippen LogP contribution in [0.25, 0.3) is 0 Å². The van der Waals surface area contributed by atoms with Gasteiger partial charge in [0.25, 0.3) is 0 Å². The number of nitrogens with one attached hydrogen (secondary N) is 2. The Morgan fingerprint density at radius 3 is 2.71 bits per heavy atom. The summed E-state index contributed by atoms with van der Waals surface area (Å²) in [6, 6.07) is 17.9. The molecule has 0 unspecified atom stereocenters. The van der Waals surface area contributed by atoms with E-state index in [1.54, 1.807) is 11.8 Å². The van der Waals surface area contributed by atoms with Crippen LogP contribution < -0.4 is 10.6 Å². The largest absolute Gasteiger partial charge is 0.356 e. The molecule has 4 aromatic rings. The number of hydrogen-bond acceptors (Lipinski definition) is 8. The molecule has 0 saturated heterocycles. The fourth-order valence-corrected chi connectivity index (χ4v) is 5.33. The number of nitrogens with zero attached hydrogens (tertiary/aromatic N) is 3. The summed E-state index contributed by atoms with van der Waals surface area (Å²) in [5.74, 6) is 0.643. The number of thioether (sulfide) groups is 1. The van der Waals surface area contributed by atoms with Crippen molar-refractivity contribution in [1.82, 2.24) is 15.2 Å². The lowest BCUT2D eigenvalue weighted by Crippen LogP contribution is -2.15. The standard InChI is InChI=1S/C22H21N5OS3/c1-15-7-5-6-10-18(15)25-19(28)11-20-24-17(13-29-20)14-30-22-27-26-21(31-22)23-12-16-8-3-2-4-9-16/h2-10,13H,11-12,14H2,1H3,(H,23,26)(H,25,28). The fraction of sp³-hybridized carbons (Fsp3) is 0.182. The highest BCUT2D eigenvalue weighted by Crippen LogP contribution is 2.29. The van der Waals surface area contributed by atoms with Crippen LogP contribution in [0.3, 0.4) is 0 Å². The summed E-state index contributed by atoms with van der Waals surface area (Å²) in [6.45, 7) is 2.70. The first-order chi connectivity index (χ1) is 15.2. The van der Waals surface area contributed by atoms with Crippen molar-refractivity contribution in [1.29, 1.82) is 0 Å². The molecule has 0 spiro atoms. The number of aryl methyl sites for hydroxylation is 1. The number of amides is 1. The lowest BCUT2D eigenvalue weighted by Gasteiger charge is -2.06. The number of aromatic nitrogens is 3. The summed E-state index contributed by atoms with van der Waals surface area (Å²) in [6.07, 6.45) is 0.274. The predicted molar refractivity (Wildman–Crippen MR) is 129 cm³/mol. The Balaban J connectivity index is 1.24. The average molecular weight is 468 g/mol. The second-order valence-corrected chi connectivity index (χ2v) is 9.92. The van der Waals surface area contributed by atoms with Gasteiger partial charge in [0.2, 0.25) is 11.0 Å². The molecule has 1 amide bonds. The maximum atomic E-state index is 12.3. The number of rotatable bonds is 9. The number of benzene rings is 2. The van der Waals surface area contributed by atoms with Crippen LogP contribution in [-0.2, 0) is 23.5 Å². The molecule has 9 heteroatoms. The molecule has 0 bridgehead atoms. The number of para-hydroxylation sites is 1. The van der Waals surface area contributed by atoms with E-state index in [2.05, 4.69) is 37.9 Å². The molecule has 0 aliphatic heterocycles. The molecule has 2 aromatic carbocycles. The molecule has 0 radical (unpaired) electrons. The molecule has 31 heavy (non-hydrogen) atoms. The Labute approximate surface area is 193 Å². The van der Waals surface area contributed by atoms with Gasteiger partial charge in [-0.3, -0.25) is 4.79 Å². The number of anilines is 2. The summed E-state index contributed by atoms with van der Waals surface area (Å²) < 4.78 is 0.891. The van der Waals surface area contributed by atoms with E-state index in [0.29, 0.717) is 5.75 Å². The van der Waals surface area contributed by atoms with Crippen LogP contribution in [0.2, 0.25) is 0 Å². The van der Waals surface area contributed by atoms with Gasteiger partial charge in [0, 0.05) is 23.4 Å². The third-order valence-corrected chi connectivity index (χ3v) is 7.31. The van der Waals surface area contributed by atoms with E-state index in [9.17, 15) is 4.79 Å². The van der Waals surface area contributed by atoms with E-state index < -0.39 is 0 Å². The van der Waals surface area contributed by atoms with Crippen LogP contribution in [0.4, 0.5) is 10.8 Å². The molecule has 2 N–H and O–H groups in total. The normalized spacial score (nSPS) is 10.7. The van der Waals surface area contributed by atoms with Gasteiger partial charge >= 0.3 is 0 Å². The Bertz CT molecular complexity index is 1140. The van der Waals surface area contributed by atoms with E-state index >= 15 is 0 Å². The molecule has 4 rings (SSSR count). The fourth-order valence-electron chi connectivity index (χ4n) is 2.79. The van der Waals surface area contributed by atoms with Gasteiger partial charge in [-0.05, 0) is 24.1 Å². The second-order valence-electron chi connectivity index (χ2n) is 6.77. The molecule has 2 aromatic heterocycles. The first kappa shape index (κ1) is 21.5. The maximum Gasteiger partial charge on any atom is 0.231 e. The van der Waals surface area contributed by atoms with Crippen LogP contribution in [-0.4, -0.2) is 21.1 Å². The van der Waals surface area contributed by atoms with Crippen molar-refractivity contribution in [2.45, 2.75) is 30.0 Å². The molecular weight excluding hydrogens is 446 g/mol. The van der Waals surface area contributed by atoms with Gasteiger partial charge < -0.3 is 10.6 Å². The highest BCUT2D eigenvalue weighted by Gasteiger charge is 2.11. The van der Waals surface area contributed by atoms with Crippen molar-refractivity contribution >= 4 is 51.2 Å². The van der Waals surface area contributed by atoms with Gasteiger partial charge in [-0.15, -0.1) is 21.5 Å². The van der Waals surface area contributed by atoms with Crippen LogP contribution in [0.15, 0.2) is 64.3 Å². The zero-order valence-electron chi connectivity index (χ0n) is 16.9. The maximum absolute atomic E-state index is 12.3. The number of carbonyl (C=O) groups excluding carboxylic acids is 1. The minimum absolute atomic E-state index is 0.0545. The molecule has 0 atom stereocenters. The van der Waals surface area contributed by atoms with Crippen molar-refractivity contribution in [2.24, 2.45) is 0 Å². The highest BCUT2D eigenvalue weighted by atomic mass is 32.2. The van der Waals surface area contributed by atoms with Crippen molar-refractivity contribution in [3.8, 4) is 0 Å². The van der Waals surface area contributed by atoms with Crippen LogP contribution in [0.5, 0.6) is 0 Å². The summed E-state index contributed by atoms with van der Waals surface area (Å²) in [4.78, 5) is 16.9. The summed E-state index contributed by atoms with van der Waals surface area (Å²) >= 11 is 4.64. The average Bonchev–Trinajstić information content (AvgIpc) is 3.42. The van der Waals surface area contributed by atoms with Gasteiger partial charge in [0.1, 0.15) is 5.01 Å². The molecule has 158 valence electrons. The van der Waals surface area contributed by atoms with Crippen LogP contribution in [0, 0.1) is 6.92 Å². The van der Waals surface area contributed by atoms with Crippen molar-refractivity contribution in [3.63, 3.8) is 0 Å². The van der Waals surface area contributed by atoms with E-state index in [-0.39, 0.29) is 12.3 Å². The molecule has 0 aliphatic rings. The van der Waals surface area contributed by atoms with Gasteiger partial charge in [-0.25, -0.2) is 4.98 Å². The lowest BCUT2D eigenvalue weighted by molar-refractivity contribution is -0.115. The topological polar surface area (TPSA) is 79.8 Å². The van der Waals surface area contributed by atoms with Gasteiger partial charge in [-0.2, -0.15) is 0 Å². The third-order valence-electron chi connectivity index (χ3n) is 4.37. The molecule has 2 heterocycles. The molecule has 0 fully saturated rings. The van der Waals surface area contributed by atoms with Crippen molar-refractivity contribution in [2.75, 3.05) is 10.6 Å². The Kier molecular flexibility index (Phi) is 7.29. The number of hydrogen-bond donors (Lipinski definition) is 2. The molecule has 0 aliphatic carbocycles. The third kappa shape index (κ3) is 6.36. The zero-order chi connectivity index (χ0) is 21.5. The minimum Gasteiger partial charge on any atom is -0.356 e. The predicted octanol–water partition coefficient (Wildman–Crippen LogP) is 5.39. The van der Waals surface area contributed by atoms with E-state index in [1.165, 1.54) is 28.2 Å². The molecule has 0 saturated carbocycles. The first-order valence-electron chi connectivity index (χ1n) is 9.68. The summed E-state index contributed by atoms with van der Waals surface area (Å²) in [5.41, 5.74) is 4.03. The summed E-state index contributed by atoms with van der Waals surface area (Å²) in [7, 11) is 0. The second kappa shape index (κ2) is 10.5. The Morgan fingerprint density at radius 2 is 1.87 bits per heavy atom. The van der Waals surface area contributed by atoms with Crippen LogP contribution >= 0.6 is 34.4 Å². The molecular formula is C22H21N5OS3. The van der Waals surface area contributed by atoms with E-state index in [4.69, 9.17) is 0 Å². The highest BCUT2D eigenvalue weighted by molar-refractivity contribution is 8.00. The Hall–Kier alpha value is -2.75. The monoisotopic (exact) mass is 467 g/mol. The van der Waals surface area contributed by atoms with Gasteiger partial charge in [0.05, 0.1) is 12.1 Å². The minimum atomic E-state index is -0.0545. The van der Waals surface area contributed by atoms with Crippen molar-refractivity contribution in [3.05, 3.63) is 81.8 Å². The lowest BCUT2D eigenvalue weighted by atomic mass is 10.2. The SMILES string of the molecule is Cc1ccccc1NC(=O)Cc1nc(CSc2nnc(NCc3ccccc3)s2)cs1. The van der Waals surface area contributed by atoms with E-state index in [1.807, 2.05) is 54.8 Å². The quantitative estimate of drug-likeness (QED) is 0.321. The number of thiazole rings is 1.